The van der Waals surface area contributed by atoms with E-state index in [9.17, 15) is 0 Å². The van der Waals surface area contributed by atoms with Gasteiger partial charge in [0, 0.05) is 27.9 Å². The standard InChI is InChI=1S/C41H25NS/c1-2-13-31-30(12-1)32-14-3-4-15-34(32)37-20-8-18-28(40(37)36-17-6-5-16-33(31)36)26-10-7-11-27(24-26)29-19-9-21-38-35-22-23-42-25-39(35)43-41(29)38/h1-25H. The summed E-state index contributed by atoms with van der Waals surface area (Å²) < 4.78 is 2.53. The summed E-state index contributed by atoms with van der Waals surface area (Å²) >= 11 is 1.83. The Labute approximate surface area is 254 Å². The Morgan fingerprint density at radius 3 is 1.63 bits per heavy atom. The van der Waals surface area contributed by atoms with Crippen molar-refractivity contribution < 1.29 is 0 Å². The molecule has 0 N–H and O–H groups in total. The number of hydrogen-bond acceptors (Lipinski definition) is 2. The van der Waals surface area contributed by atoms with E-state index < -0.39 is 0 Å². The molecule has 2 aromatic heterocycles. The maximum Gasteiger partial charge on any atom is 0.0538 e. The summed E-state index contributed by atoms with van der Waals surface area (Å²) in [5.74, 6) is 0. The Kier molecular flexibility index (Phi) is 5.44. The van der Waals surface area contributed by atoms with E-state index >= 15 is 0 Å². The molecule has 0 saturated heterocycles. The Morgan fingerprint density at radius 2 is 0.907 bits per heavy atom. The number of pyridine rings is 1. The van der Waals surface area contributed by atoms with Crippen molar-refractivity contribution >= 4 is 31.5 Å². The van der Waals surface area contributed by atoms with Crippen LogP contribution in [0.1, 0.15) is 0 Å². The van der Waals surface area contributed by atoms with Gasteiger partial charge in [-0.1, -0.05) is 127 Å². The van der Waals surface area contributed by atoms with Crippen LogP contribution in [-0.2, 0) is 0 Å². The van der Waals surface area contributed by atoms with Crippen LogP contribution in [-0.4, -0.2) is 4.98 Å². The van der Waals surface area contributed by atoms with Crippen LogP contribution in [0.15, 0.2) is 152 Å². The molecule has 2 heteroatoms. The lowest BCUT2D eigenvalue weighted by Gasteiger charge is -2.25. The monoisotopic (exact) mass is 563 g/mol. The zero-order valence-electron chi connectivity index (χ0n) is 23.3. The molecule has 1 aliphatic carbocycles. The maximum absolute atomic E-state index is 4.38. The number of nitrogens with zero attached hydrogens (tertiary/aromatic N) is 1. The molecule has 0 unspecified atom stereocenters. The third-order valence-corrected chi connectivity index (χ3v) is 9.96. The van der Waals surface area contributed by atoms with Gasteiger partial charge in [-0.15, -0.1) is 11.3 Å². The van der Waals surface area contributed by atoms with Crippen molar-refractivity contribution in [2.24, 2.45) is 0 Å². The van der Waals surface area contributed by atoms with E-state index in [1.54, 1.807) is 0 Å². The molecule has 2 heterocycles. The molecule has 1 aliphatic rings. The van der Waals surface area contributed by atoms with Crippen molar-refractivity contribution in [1.82, 2.24) is 4.98 Å². The molecule has 200 valence electrons. The van der Waals surface area contributed by atoms with Crippen LogP contribution in [0.25, 0.3) is 86.9 Å². The van der Waals surface area contributed by atoms with Gasteiger partial charge >= 0.3 is 0 Å². The molecule has 0 atom stereocenters. The van der Waals surface area contributed by atoms with Gasteiger partial charge in [0.05, 0.1) is 4.70 Å². The van der Waals surface area contributed by atoms with E-state index in [1.807, 2.05) is 23.7 Å². The van der Waals surface area contributed by atoms with Crippen molar-refractivity contribution in [1.29, 1.82) is 0 Å². The highest BCUT2D eigenvalue weighted by Gasteiger charge is 2.24. The van der Waals surface area contributed by atoms with Crippen LogP contribution in [0.2, 0.25) is 0 Å². The molecule has 0 saturated carbocycles. The van der Waals surface area contributed by atoms with E-state index in [2.05, 4.69) is 145 Å². The first-order valence-corrected chi connectivity index (χ1v) is 15.4. The second-order valence-electron chi connectivity index (χ2n) is 11.1. The molecular formula is C41H25NS. The van der Waals surface area contributed by atoms with Gasteiger partial charge in [0.1, 0.15) is 0 Å². The van der Waals surface area contributed by atoms with Crippen molar-refractivity contribution in [2.75, 3.05) is 0 Å². The van der Waals surface area contributed by atoms with Gasteiger partial charge in [-0.25, -0.2) is 0 Å². The van der Waals surface area contributed by atoms with Gasteiger partial charge < -0.3 is 0 Å². The van der Waals surface area contributed by atoms with Crippen LogP contribution in [0.5, 0.6) is 0 Å². The fraction of sp³-hybridized carbons (Fsp3) is 0. The van der Waals surface area contributed by atoms with E-state index in [0.29, 0.717) is 0 Å². The molecule has 0 fully saturated rings. The summed E-state index contributed by atoms with van der Waals surface area (Å²) in [6.07, 6.45) is 3.87. The summed E-state index contributed by atoms with van der Waals surface area (Å²) in [5.41, 5.74) is 15.1. The summed E-state index contributed by atoms with van der Waals surface area (Å²) in [6.45, 7) is 0. The molecule has 0 spiro atoms. The smallest absolute Gasteiger partial charge is 0.0538 e. The molecule has 8 aromatic rings. The largest absolute Gasteiger partial charge is 0.263 e. The Balaban J connectivity index is 1.31. The summed E-state index contributed by atoms with van der Waals surface area (Å²) in [7, 11) is 0. The normalized spacial score (nSPS) is 11.7. The average molecular weight is 564 g/mol. The summed E-state index contributed by atoms with van der Waals surface area (Å²) in [4.78, 5) is 4.38. The molecule has 1 nitrogen and oxygen atoms in total. The first-order valence-electron chi connectivity index (χ1n) is 14.6. The van der Waals surface area contributed by atoms with E-state index in [-0.39, 0.29) is 0 Å². The predicted octanol–water partition coefficient (Wildman–Crippen LogP) is 11.8. The van der Waals surface area contributed by atoms with Gasteiger partial charge in [0.15, 0.2) is 0 Å². The zero-order chi connectivity index (χ0) is 28.3. The molecule has 0 bridgehead atoms. The van der Waals surface area contributed by atoms with E-state index in [0.717, 1.165) is 0 Å². The second-order valence-corrected chi connectivity index (χ2v) is 12.2. The highest BCUT2D eigenvalue weighted by atomic mass is 32.1. The lowest BCUT2D eigenvalue weighted by molar-refractivity contribution is 1.37. The zero-order valence-corrected chi connectivity index (χ0v) is 24.1. The molecule has 0 radical (unpaired) electrons. The molecule has 6 aromatic carbocycles. The topological polar surface area (TPSA) is 12.9 Å². The molecule has 0 amide bonds. The van der Waals surface area contributed by atoms with Crippen molar-refractivity contribution in [3.8, 4) is 66.8 Å². The fourth-order valence-corrected chi connectivity index (χ4v) is 8.09. The SMILES string of the molecule is c1cc(-c2cccc3c2-c2ccccc2-c2ccccc2-c2ccccc2-3)cc(-c2cccc3c2sc2cnccc23)c1. The first kappa shape index (κ1) is 24.3. The van der Waals surface area contributed by atoms with Crippen molar-refractivity contribution in [3.63, 3.8) is 0 Å². The van der Waals surface area contributed by atoms with Crippen LogP contribution in [0, 0.1) is 0 Å². The maximum atomic E-state index is 4.38. The van der Waals surface area contributed by atoms with Crippen LogP contribution in [0.3, 0.4) is 0 Å². The number of rotatable bonds is 2. The van der Waals surface area contributed by atoms with E-state index in [4.69, 9.17) is 0 Å². The highest BCUT2D eigenvalue weighted by molar-refractivity contribution is 7.26. The van der Waals surface area contributed by atoms with Crippen molar-refractivity contribution in [2.45, 2.75) is 0 Å². The number of thiophene rings is 1. The molecule has 43 heavy (non-hydrogen) atoms. The third kappa shape index (κ3) is 3.74. The van der Waals surface area contributed by atoms with Gasteiger partial charge in [-0.3, -0.25) is 4.98 Å². The predicted molar refractivity (Wildman–Crippen MR) is 183 cm³/mol. The Morgan fingerprint density at radius 1 is 0.395 bits per heavy atom. The minimum absolute atomic E-state index is 1.22. The summed E-state index contributed by atoms with van der Waals surface area (Å²) in [5, 5.41) is 2.56. The van der Waals surface area contributed by atoms with Crippen LogP contribution >= 0.6 is 11.3 Å². The van der Waals surface area contributed by atoms with Crippen LogP contribution < -0.4 is 0 Å². The average Bonchev–Trinajstić information content (AvgIpc) is 3.46. The summed E-state index contributed by atoms with van der Waals surface area (Å²) in [6, 6.07) is 51.2. The number of benzene rings is 6. The van der Waals surface area contributed by atoms with Crippen LogP contribution in [0.4, 0.5) is 0 Å². The number of hydrogen-bond donors (Lipinski definition) is 0. The lowest BCUT2D eigenvalue weighted by Crippen LogP contribution is -1.98. The van der Waals surface area contributed by atoms with Gasteiger partial charge in [0.2, 0.25) is 0 Å². The Bertz CT molecular complexity index is 2350. The third-order valence-electron chi connectivity index (χ3n) is 8.77. The second kappa shape index (κ2) is 9.62. The van der Waals surface area contributed by atoms with Gasteiger partial charge in [-0.2, -0.15) is 0 Å². The minimum Gasteiger partial charge on any atom is -0.263 e. The van der Waals surface area contributed by atoms with E-state index in [1.165, 1.54) is 86.9 Å². The quantitative estimate of drug-likeness (QED) is 0.204. The molecular weight excluding hydrogens is 539 g/mol. The van der Waals surface area contributed by atoms with Crippen molar-refractivity contribution in [3.05, 3.63) is 152 Å². The molecule has 9 rings (SSSR count). The van der Waals surface area contributed by atoms with Gasteiger partial charge in [-0.05, 0) is 78.9 Å². The molecule has 0 aliphatic heterocycles. The Hall–Kier alpha value is -5.31. The van der Waals surface area contributed by atoms with Gasteiger partial charge in [0.25, 0.3) is 0 Å². The number of aromatic nitrogens is 1. The highest BCUT2D eigenvalue weighted by Crippen LogP contribution is 2.50. The fourth-order valence-electron chi connectivity index (χ4n) is 6.88. The lowest BCUT2D eigenvalue weighted by atomic mass is 9.78. The first-order chi connectivity index (χ1) is 21.3. The minimum atomic E-state index is 1.22. The number of fused-ring (bicyclic) bond motifs is 11.